The first-order valence-corrected chi connectivity index (χ1v) is 9.40. The van der Waals surface area contributed by atoms with Crippen LogP contribution in [0.5, 0.6) is 0 Å². The van der Waals surface area contributed by atoms with Gasteiger partial charge in [-0.3, -0.25) is 14.8 Å². The van der Waals surface area contributed by atoms with Crippen LogP contribution in [-0.2, 0) is 28.0 Å². The topological polar surface area (TPSA) is 95.5 Å². The van der Waals surface area contributed by atoms with Crippen LogP contribution in [0.25, 0.3) is 0 Å². The maximum atomic E-state index is 12.1. The summed E-state index contributed by atoms with van der Waals surface area (Å²) in [6, 6.07) is 0. The third-order valence-electron chi connectivity index (χ3n) is 4.14. The van der Waals surface area contributed by atoms with Crippen LogP contribution in [0.4, 0.5) is 0 Å². The second kappa shape index (κ2) is 8.00. The second-order valence-electron chi connectivity index (χ2n) is 6.25. The molecule has 1 fully saturated rings. The van der Waals surface area contributed by atoms with Crippen LogP contribution in [0, 0.1) is 5.92 Å². The Balaban J connectivity index is 1.84. The van der Waals surface area contributed by atoms with E-state index in [9.17, 15) is 13.2 Å². The van der Waals surface area contributed by atoms with E-state index >= 15 is 0 Å². The van der Waals surface area contributed by atoms with Crippen LogP contribution in [0.2, 0.25) is 0 Å². The number of amides is 1. The van der Waals surface area contributed by atoms with Crippen molar-refractivity contribution in [2.75, 3.05) is 27.2 Å². The van der Waals surface area contributed by atoms with Gasteiger partial charge in [0, 0.05) is 40.3 Å². The molecule has 1 aromatic heterocycles. The Morgan fingerprint density at radius 2 is 1.83 bits per heavy atom. The standard InChI is InChI=1S/C15H25N5O3S/c1-12(21)16-10-15-11-17-14(9-18-15)8-13-4-6-20(7-5-13)24(22,23)19(2)3/h9,11,13H,4-8,10H2,1-3H3,(H,16,21). The summed E-state index contributed by atoms with van der Waals surface area (Å²) in [5, 5.41) is 2.68. The maximum Gasteiger partial charge on any atom is 0.281 e. The molecule has 0 saturated carbocycles. The van der Waals surface area contributed by atoms with Crippen molar-refractivity contribution in [2.45, 2.75) is 32.7 Å². The van der Waals surface area contributed by atoms with Crippen molar-refractivity contribution in [2.24, 2.45) is 5.92 Å². The van der Waals surface area contributed by atoms with E-state index < -0.39 is 10.2 Å². The Labute approximate surface area is 143 Å². The largest absolute Gasteiger partial charge is 0.351 e. The molecular weight excluding hydrogens is 330 g/mol. The van der Waals surface area contributed by atoms with Gasteiger partial charge in [-0.05, 0) is 25.2 Å². The van der Waals surface area contributed by atoms with Crippen molar-refractivity contribution in [1.29, 1.82) is 0 Å². The molecule has 1 aromatic rings. The summed E-state index contributed by atoms with van der Waals surface area (Å²) in [6.45, 7) is 2.92. The molecule has 0 radical (unpaired) electrons. The normalized spacial score (nSPS) is 17.2. The summed E-state index contributed by atoms with van der Waals surface area (Å²) in [7, 11) is -0.201. The predicted molar refractivity (Wildman–Crippen MR) is 90.2 cm³/mol. The lowest BCUT2D eigenvalue weighted by molar-refractivity contribution is -0.119. The summed E-state index contributed by atoms with van der Waals surface area (Å²) >= 11 is 0. The number of piperidine rings is 1. The van der Waals surface area contributed by atoms with Crippen LogP contribution in [0.15, 0.2) is 12.4 Å². The van der Waals surface area contributed by atoms with E-state index in [2.05, 4.69) is 15.3 Å². The van der Waals surface area contributed by atoms with Crippen molar-refractivity contribution in [3.8, 4) is 0 Å². The van der Waals surface area contributed by atoms with E-state index in [1.54, 1.807) is 26.5 Å². The average molecular weight is 355 g/mol. The molecule has 0 unspecified atom stereocenters. The molecule has 0 atom stereocenters. The van der Waals surface area contributed by atoms with E-state index in [0.717, 1.165) is 30.7 Å². The number of rotatable bonds is 6. The molecule has 2 heterocycles. The van der Waals surface area contributed by atoms with E-state index in [1.165, 1.54) is 15.5 Å². The van der Waals surface area contributed by atoms with E-state index in [0.29, 0.717) is 25.6 Å². The number of aromatic nitrogens is 2. The van der Waals surface area contributed by atoms with Gasteiger partial charge in [0.2, 0.25) is 5.91 Å². The maximum absolute atomic E-state index is 12.1. The lowest BCUT2D eigenvalue weighted by Gasteiger charge is -2.32. The molecule has 1 N–H and O–H groups in total. The van der Waals surface area contributed by atoms with Gasteiger partial charge in [0.05, 0.1) is 24.1 Å². The molecule has 0 aliphatic carbocycles. The molecule has 0 spiro atoms. The summed E-state index contributed by atoms with van der Waals surface area (Å²) in [5.74, 6) is 0.314. The fraction of sp³-hybridized carbons (Fsp3) is 0.667. The summed E-state index contributed by atoms with van der Waals surface area (Å²) in [6.07, 6.45) is 5.85. The van der Waals surface area contributed by atoms with Gasteiger partial charge in [-0.15, -0.1) is 0 Å². The zero-order chi connectivity index (χ0) is 17.7. The van der Waals surface area contributed by atoms with Crippen molar-refractivity contribution in [3.63, 3.8) is 0 Å². The minimum Gasteiger partial charge on any atom is -0.351 e. The van der Waals surface area contributed by atoms with Gasteiger partial charge in [0.25, 0.3) is 10.2 Å². The van der Waals surface area contributed by atoms with Gasteiger partial charge in [0.15, 0.2) is 0 Å². The molecule has 1 aliphatic heterocycles. The third-order valence-corrected chi connectivity index (χ3v) is 6.08. The Kier molecular flexibility index (Phi) is 6.25. The highest BCUT2D eigenvalue weighted by Gasteiger charge is 2.29. The lowest BCUT2D eigenvalue weighted by Crippen LogP contribution is -2.44. The number of nitrogens with zero attached hydrogens (tertiary/aromatic N) is 4. The average Bonchev–Trinajstić information content (AvgIpc) is 2.54. The van der Waals surface area contributed by atoms with Crippen molar-refractivity contribution in [1.82, 2.24) is 23.9 Å². The van der Waals surface area contributed by atoms with Crippen LogP contribution in [0.1, 0.15) is 31.2 Å². The summed E-state index contributed by atoms with van der Waals surface area (Å²) < 4.78 is 27.0. The highest BCUT2D eigenvalue weighted by molar-refractivity contribution is 7.86. The number of hydrogen-bond acceptors (Lipinski definition) is 5. The Morgan fingerprint density at radius 3 is 2.33 bits per heavy atom. The number of nitrogens with one attached hydrogen (secondary N) is 1. The first-order valence-electron chi connectivity index (χ1n) is 8.01. The molecule has 2 rings (SSSR count). The highest BCUT2D eigenvalue weighted by Crippen LogP contribution is 2.23. The molecule has 1 aliphatic rings. The predicted octanol–water partition coefficient (Wildman–Crippen LogP) is 0.174. The quantitative estimate of drug-likeness (QED) is 0.785. The molecule has 1 amide bonds. The van der Waals surface area contributed by atoms with Crippen molar-refractivity contribution < 1.29 is 13.2 Å². The summed E-state index contributed by atoms with van der Waals surface area (Å²) in [4.78, 5) is 19.6. The molecular formula is C15H25N5O3S. The number of hydrogen-bond donors (Lipinski definition) is 1. The van der Waals surface area contributed by atoms with Crippen molar-refractivity contribution >= 4 is 16.1 Å². The van der Waals surface area contributed by atoms with Gasteiger partial charge >= 0.3 is 0 Å². The van der Waals surface area contributed by atoms with Crippen molar-refractivity contribution in [3.05, 3.63) is 23.8 Å². The van der Waals surface area contributed by atoms with Gasteiger partial charge < -0.3 is 5.32 Å². The first-order chi connectivity index (χ1) is 11.3. The Morgan fingerprint density at radius 1 is 1.25 bits per heavy atom. The Bertz CT molecular complexity index is 652. The SMILES string of the molecule is CC(=O)NCc1cnc(CC2CCN(S(=O)(=O)N(C)C)CC2)cn1. The van der Waals surface area contributed by atoms with E-state index in [1.807, 2.05) is 0 Å². The van der Waals surface area contributed by atoms with Crippen LogP contribution < -0.4 is 5.32 Å². The minimum atomic E-state index is -3.31. The number of carbonyl (C=O) groups excluding carboxylic acids is 1. The zero-order valence-electron chi connectivity index (χ0n) is 14.4. The smallest absolute Gasteiger partial charge is 0.281 e. The van der Waals surface area contributed by atoms with Gasteiger partial charge in [0.1, 0.15) is 0 Å². The fourth-order valence-electron chi connectivity index (χ4n) is 2.66. The lowest BCUT2D eigenvalue weighted by atomic mass is 9.93. The highest BCUT2D eigenvalue weighted by atomic mass is 32.2. The van der Waals surface area contributed by atoms with Crippen LogP contribution in [-0.4, -0.2) is 60.1 Å². The van der Waals surface area contributed by atoms with Crippen LogP contribution in [0.3, 0.4) is 0 Å². The zero-order valence-corrected chi connectivity index (χ0v) is 15.2. The molecule has 8 nitrogen and oxygen atoms in total. The van der Waals surface area contributed by atoms with Gasteiger partial charge in [-0.25, -0.2) is 0 Å². The van der Waals surface area contributed by atoms with Crippen LogP contribution >= 0.6 is 0 Å². The van der Waals surface area contributed by atoms with Gasteiger partial charge in [-0.2, -0.15) is 17.0 Å². The van der Waals surface area contributed by atoms with Gasteiger partial charge in [-0.1, -0.05) is 0 Å². The third kappa shape index (κ3) is 4.96. The van der Waals surface area contributed by atoms with E-state index in [-0.39, 0.29) is 5.91 Å². The molecule has 1 saturated heterocycles. The minimum absolute atomic E-state index is 0.0969. The molecule has 0 bridgehead atoms. The molecule has 134 valence electrons. The Hall–Kier alpha value is -1.58. The molecule has 24 heavy (non-hydrogen) atoms. The molecule has 0 aromatic carbocycles. The first kappa shape index (κ1) is 18.8. The monoisotopic (exact) mass is 355 g/mol. The number of carbonyl (C=O) groups is 1. The second-order valence-corrected chi connectivity index (χ2v) is 8.39. The fourth-order valence-corrected chi connectivity index (χ4v) is 3.80. The van der Waals surface area contributed by atoms with E-state index in [4.69, 9.17) is 0 Å². The molecule has 9 heteroatoms. The summed E-state index contributed by atoms with van der Waals surface area (Å²) in [5.41, 5.74) is 1.62.